The number of hydrogen-bond acceptors (Lipinski definition) is 3. The smallest absolute Gasteiger partial charge is 0.237 e. The monoisotopic (exact) mass is 279 g/mol. The Morgan fingerprint density at radius 1 is 1.30 bits per heavy atom. The van der Waals surface area contributed by atoms with Crippen LogP contribution in [0.3, 0.4) is 0 Å². The number of piperidine rings is 1. The van der Waals surface area contributed by atoms with Gasteiger partial charge in [0.15, 0.2) is 0 Å². The molecule has 3 fully saturated rings. The Kier molecular flexibility index (Phi) is 4.04. The first-order chi connectivity index (χ1) is 9.64. The van der Waals surface area contributed by atoms with Crippen molar-refractivity contribution in [1.82, 2.24) is 10.2 Å². The lowest BCUT2D eigenvalue weighted by atomic mass is 9.94. The van der Waals surface area contributed by atoms with E-state index in [9.17, 15) is 4.79 Å². The average molecular weight is 279 g/mol. The van der Waals surface area contributed by atoms with Crippen LogP contribution in [0.15, 0.2) is 0 Å². The van der Waals surface area contributed by atoms with Crippen molar-refractivity contribution in [1.29, 1.82) is 0 Å². The van der Waals surface area contributed by atoms with Crippen molar-refractivity contribution in [2.75, 3.05) is 6.54 Å². The second kappa shape index (κ2) is 5.64. The van der Waals surface area contributed by atoms with E-state index in [-0.39, 0.29) is 5.91 Å². The van der Waals surface area contributed by atoms with E-state index in [1.54, 1.807) is 0 Å². The number of nitrogens with zero attached hydrogens (tertiary/aromatic N) is 1. The fourth-order valence-corrected chi connectivity index (χ4v) is 4.29. The molecule has 1 heterocycles. The number of amides is 1. The van der Waals surface area contributed by atoms with Crippen LogP contribution in [-0.4, -0.2) is 41.0 Å². The molecule has 114 valence electrons. The van der Waals surface area contributed by atoms with Gasteiger partial charge in [0, 0.05) is 18.1 Å². The maximum absolute atomic E-state index is 12.0. The van der Waals surface area contributed by atoms with Crippen LogP contribution in [-0.2, 0) is 4.79 Å². The first-order valence-corrected chi connectivity index (χ1v) is 8.48. The highest BCUT2D eigenvalue weighted by Gasteiger charge is 2.48. The van der Waals surface area contributed by atoms with Crippen molar-refractivity contribution in [3.63, 3.8) is 0 Å². The van der Waals surface area contributed by atoms with Gasteiger partial charge in [-0.1, -0.05) is 13.3 Å². The summed E-state index contributed by atoms with van der Waals surface area (Å²) in [6.45, 7) is 3.50. The molecule has 0 radical (unpaired) electrons. The number of carbonyl (C=O) groups is 1. The Balaban J connectivity index is 1.68. The zero-order valence-corrected chi connectivity index (χ0v) is 12.7. The van der Waals surface area contributed by atoms with Gasteiger partial charge in [-0.25, -0.2) is 0 Å². The van der Waals surface area contributed by atoms with Crippen LogP contribution in [0, 0.1) is 0 Å². The summed E-state index contributed by atoms with van der Waals surface area (Å²) in [7, 11) is 0. The van der Waals surface area contributed by atoms with Gasteiger partial charge in [0.1, 0.15) is 0 Å². The van der Waals surface area contributed by atoms with Gasteiger partial charge in [-0.3, -0.25) is 9.69 Å². The summed E-state index contributed by atoms with van der Waals surface area (Å²) in [4.78, 5) is 14.7. The van der Waals surface area contributed by atoms with Crippen molar-refractivity contribution in [2.24, 2.45) is 5.73 Å². The SMILES string of the molecule is CCC1CCCCN1C1CCC(NC2CC2)(C(N)=O)C1. The molecular formula is C16H29N3O. The molecule has 3 N–H and O–H groups in total. The maximum atomic E-state index is 12.0. The van der Waals surface area contributed by atoms with Crippen LogP contribution < -0.4 is 11.1 Å². The largest absolute Gasteiger partial charge is 0.368 e. The molecule has 0 aromatic heterocycles. The third-order valence-corrected chi connectivity index (χ3v) is 5.63. The molecule has 20 heavy (non-hydrogen) atoms. The number of rotatable bonds is 5. The molecule has 3 rings (SSSR count). The first-order valence-electron chi connectivity index (χ1n) is 8.48. The molecule has 1 amide bonds. The van der Waals surface area contributed by atoms with E-state index in [0.717, 1.165) is 25.3 Å². The predicted molar refractivity (Wildman–Crippen MR) is 80.4 cm³/mol. The van der Waals surface area contributed by atoms with Crippen LogP contribution in [0.4, 0.5) is 0 Å². The Morgan fingerprint density at radius 3 is 2.75 bits per heavy atom. The van der Waals surface area contributed by atoms with Crippen molar-refractivity contribution in [3.05, 3.63) is 0 Å². The number of hydrogen-bond donors (Lipinski definition) is 2. The number of likely N-dealkylation sites (tertiary alicyclic amines) is 1. The second-order valence-electron chi connectivity index (χ2n) is 7.06. The Hall–Kier alpha value is -0.610. The number of carbonyl (C=O) groups excluding carboxylic acids is 1. The van der Waals surface area contributed by atoms with E-state index in [4.69, 9.17) is 5.73 Å². The molecule has 1 aliphatic heterocycles. The van der Waals surface area contributed by atoms with Gasteiger partial charge < -0.3 is 11.1 Å². The standard InChI is InChI=1S/C16H29N3O/c1-2-13-5-3-4-10-19(13)14-8-9-16(11-14,15(17)20)18-12-6-7-12/h12-14,18H,2-11H2,1H3,(H2,17,20). The molecule has 0 bridgehead atoms. The van der Waals surface area contributed by atoms with Gasteiger partial charge in [-0.2, -0.15) is 0 Å². The summed E-state index contributed by atoms with van der Waals surface area (Å²) >= 11 is 0. The molecule has 4 nitrogen and oxygen atoms in total. The Bertz CT molecular complexity index is 369. The minimum Gasteiger partial charge on any atom is -0.368 e. The molecule has 0 aromatic rings. The molecule has 3 aliphatic rings. The lowest BCUT2D eigenvalue weighted by molar-refractivity contribution is -0.124. The summed E-state index contributed by atoms with van der Waals surface area (Å²) in [5, 5.41) is 3.57. The quantitative estimate of drug-likeness (QED) is 0.806. The van der Waals surface area contributed by atoms with Gasteiger partial charge >= 0.3 is 0 Å². The van der Waals surface area contributed by atoms with Crippen molar-refractivity contribution < 1.29 is 4.79 Å². The zero-order valence-electron chi connectivity index (χ0n) is 12.7. The van der Waals surface area contributed by atoms with Gasteiger partial charge in [0.25, 0.3) is 0 Å². The maximum Gasteiger partial charge on any atom is 0.237 e. The van der Waals surface area contributed by atoms with E-state index in [0.29, 0.717) is 12.1 Å². The molecule has 3 unspecified atom stereocenters. The highest BCUT2D eigenvalue weighted by Crippen LogP contribution is 2.38. The Morgan fingerprint density at radius 2 is 2.10 bits per heavy atom. The van der Waals surface area contributed by atoms with Crippen LogP contribution in [0.1, 0.15) is 64.7 Å². The fraction of sp³-hybridized carbons (Fsp3) is 0.938. The number of nitrogens with one attached hydrogen (secondary N) is 1. The first kappa shape index (κ1) is 14.3. The average Bonchev–Trinajstić information content (AvgIpc) is 3.15. The van der Waals surface area contributed by atoms with Crippen LogP contribution in [0.25, 0.3) is 0 Å². The normalized spacial score (nSPS) is 39.0. The van der Waals surface area contributed by atoms with Crippen molar-refractivity contribution in [2.45, 2.75) is 88.4 Å². The van der Waals surface area contributed by atoms with E-state index >= 15 is 0 Å². The zero-order chi connectivity index (χ0) is 14.2. The van der Waals surface area contributed by atoms with Gasteiger partial charge in [0.2, 0.25) is 5.91 Å². The molecule has 3 atom stereocenters. The van der Waals surface area contributed by atoms with E-state index < -0.39 is 5.54 Å². The summed E-state index contributed by atoms with van der Waals surface area (Å²) in [5.41, 5.74) is 5.33. The van der Waals surface area contributed by atoms with Gasteiger partial charge in [-0.05, 0) is 57.9 Å². The van der Waals surface area contributed by atoms with Crippen LogP contribution in [0.5, 0.6) is 0 Å². The number of nitrogens with two attached hydrogens (primary N) is 1. The topological polar surface area (TPSA) is 58.4 Å². The van der Waals surface area contributed by atoms with E-state index in [1.807, 2.05) is 0 Å². The van der Waals surface area contributed by atoms with Crippen molar-refractivity contribution >= 4 is 5.91 Å². The third kappa shape index (κ3) is 2.73. The molecule has 0 aromatic carbocycles. The summed E-state index contributed by atoms with van der Waals surface area (Å²) in [5.74, 6) is -0.128. The summed E-state index contributed by atoms with van der Waals surface area (Å²) < 4.78 is 0. The van der Waals surface area contributed by atoms with E-state index in [1.165, 1.54) is 45.1 Å². The second-order valence-corrected chi connectivity index (χ2v) is 7.06. The highest BCUT2D eigenvalue weighted by molar-refractivity contribution is 5.85. The molecule has 1 saturated heterocycles. The van der Waals surface area contributed by atoms with E-state index in [2.05, 4.69) is 17.1 Å². The molecule has 4 heteroatoms. The molecule has 0 spiro atoms. The highest BCUT2D eigenvalue weighted by atomic mass is 16.1. The van der Waals surface area contributed by atoms with Gasteiger partial charge in [0.05, 0.1) is 5.54 Å². The minimum absolute atomic E-state index is 0.128. The lowest BCUT2D eigenvalue weighted by Crippen LogP contribution is -2.56. The van der Waals surface area contributed by atoms with Crippen LogP contribution in [0.2, 0.25) is 0 Å². The molecular weight excluding hydrogens is 250 g/mol. The van der Waals surface area contributed by atoms with Crippen LogP contribution >= 0.6 is 0 Å². The van der Waals surface area contributed by atoms with Gasteiger partial charge in [-0.15, -0.1) is 0 Å². The van der Waals surface area contributed by atoms with Crippen molar-refractivity contribution in [3.8, 4) is 0 Å². The number of primary amides is 1. The third-order valence-electron chi connectivity index (χ3n) is 5.63. The molecule has 2 aliphatic carbocycles. The minimum atomic E-state index is -0.415. The fourth-order valence-electron chi connectivity index (χ4n) is 4.29. The summed E-state index contributed by atoms with van der Waals surface area (Å²) in [6.07, 6.45) is 10.6. The predicted octanol–water partition coefficient (Wildman–Crippen LogP) is 1.78. The molecule has 2 saturated carbocycles. The Labute approximate surface area is 122 Å². The lowest BCUT2D eigenvalue weighted by Gasteiger charge is -2.40. The summed E-state index contributed by atoms with van der Waals surface area (Å²) in [6, 6.07) is 1.82.